The molecule has 2 N–H and O–H groups in total. The van der Waals surface area contributed by atoms with E-state index in [1.807, 2.05) is 0 Å². The minimum atomic E-state index is 0.278. The molecule has 0 aromatic rings. The summed E-state index contributed by atoms with van der Waals surface area (Å²) in [6, 6.07) is 0. The Labute approximate surface area is 101 Å². The number of likely N-dealkylation sites (N-methyl/N-ethyl adjacent to an activating group) is 1. The molecule has 1 fully saturated rings. The molecule has 0 spiro atoms. The maximum atomic E-state index is 6.03. The topological polar surface area (TPSA) is 32.5 Å². The highest BCUT2D eigenvalue weighted by Gasteiger charge is 2.36. The minimum absolute atomic E-state index is 0.278. The molecule has 3 heteroatoms. The Hall–Kier alpha value is -0.120. The lowest BCUT2D eigenvalue weighted by atomic mass is 9.85. The lowest BCUT2D eigenvalue weighted by Gasteiger charge is -2.47. The van der Waals surface area contributed by atoms with E-state index in [0.29, 0.717) is 0 Å². The predicted octanol–water partition coefficient (Wildman–Crippen LogP) is 1.53. The van der Waals surface area contributed by atoms with Crippen LogP contribution in [0.3, 0.4) is 0 Å². The molecular weight excluding hydrogens is 198 g/mol. The zero-order valence-electron chi connectivity index (χ0n) is 11.3. The van der Waals surface area contributed by atoms with Crippen LogP contribution >= 0.6 is 0 Å². The van der Waals surface area contributed by atoms with Crippen LogP contribution in [0.2, 0.25) is 0 Å². The van der Waals surface area contributed by atoms with Gasteiger partial charge in [0, 0.05) is 12.1 Å². The molecule has 0 radical (unpaired) electrons. The van der Waals surface area contributed by atoms with Crippen molar-refractivity contribution in [3.8, 4) is 0 Å². The number of nitrogens with two attached hydrogens (primary N) is 1. The molecule has 3 nitrogen and oxygen atoms in total. The fourth-order valence-electron chi connectivity index (χ4n) is 2.82. The van der Waals surface area contributed by atoms with Gasteiger partial charge in [-0.05, 0) is 58.9 Å². The van der Waals surface area contributed by atoms with Crippen LogP contribution in [0.4, 0.5) is 0 Å². The van der Waals surface area contributed by atoms with E-state index >= 15 is 0 Å². The van der Waals surface area contributed by atoms with E-state index in [1.165, 1.54) is 51.9 Å². The summed E-state index contributed by atoms with van der Waals surface area (Å²) in [6.45, 7) is 10.2. The average molecular weight is 227 g/mol. The quantitative estimate of drug-likeness (QED) is 0.747. The van der Waals surface area contributed by atoms with Gasteiger partial charge in [0.15, 0.2) is 0 Å². The highest BCUT2D eigenvalue weighted by Crippen LogP contribution is 2.27. The Morgan fingerprint density at radius 3 is 2.25 bits per heavy atom. The van der Waals surface area contributed by atoms with Crippen LogP contribution < -0.4 is 5.73 Å². The van der Waals surface area contributed by atoms with Crippen molar-refractivity contribution in [2.75, 3.05) is 39.8 Å². The second-order valence-electron chi connectivity index (χ2n) is 5.19. The van der Waals surface area contributed by atoms with Crippen LogP contribution in [-0.4, -0.2) is 55.1 Å². The Balaban J connectivity index is 2.50. The summed E-state index contributed by atoms with van der Waals surface area (Å²) in [4.78, 5) is 5.07. The Bertz CT molecular complexity index is 186. The molecule has 16 heavy (non-hydrogen) atoms. The van der Waals surface area contributed by atoms with Crippen molar-refractivity contribution in [1.29, 1.82) is 0 Å². The van der Waals surface area contributed by atoms with Crippen LogP contribution in [-0.2, 0) is 0 Å². The molecule has 1 aliphatic rings. The summed E-state index contributed by atoms with van der Waals surface area (Å²) in [5.74, 6) is 0. The fraction of sp³-hybridized carbons (Fsp3) is 1.00. The molecule has 0 unspecified atom stereocenters. The van der Waals surface area contributed by atoms with Crippen molar-refractivity contribution in [2.45, 2.75) is 45.1 Å². The monoisotopic (exact) mass is 227 g/mol. The van der Waals surface area contributed by atoms with Crippen LogP contribution in [0.5, 0.6) is 0 Å². The SMILES string of the molecule is CCCN1CCC(CN)(N(C)CCC)CC1. The molecule has 1 rings (SSSR count). The maximum absolute atomic E-state index is 6.03. The van der Waals surface area contributed by atoms with E-state index in [1.54, 1.807) is 0 Å². The predicted molar refractivity (Wildman–Crippen MR) is 70.7 cm³/mol. The molecule has 96 valence electrons. The summed E-state index contributed by atoms with van der Waals surface area (Å²) in [7, 11) is 2.24. The van der Waals surface area contributed by atoms with Gasteiger partial charge in [-0.25, -0.2) is 0 Å². The third kappa shape index (κ3) is 3.19. The first-order valence-corrected chi connectivity index (χ1v) is 6.82. The van der Waals surface area contributed by atoms with Crippen LogP contribution in [0, 0.1) is 0 Å². The lowest BCUT2D eigenvalue weighted by Crippen LogP contribution is -2.58. The van der Waals surface area contributed by atoms with E-state index in [0.717, 1.165) is 6.54 Å². The average Bonchev–Trinajstić information content (AvgIpc) is 2.31. The van der Waals surface area contributed by atoms with Gasteiger partial charge in [-0.1, -0.05) is 13.8 Å². The molecular formula is C13H29N3. The molecule has 0 saturated carbocycles. The smallest absolute Gasteiger partial charge is 0.0353 e. The lowest BCUT2D eigenvalue weighted by molar-refractivity contribution is 0.0454. The number of hydrogen-bond acceptors (Lipinski definition) is 3. The molecule has 1 aliphatic heterocycles. The second kappa shape index (κ2) is 6.58. The van der Waals surface area contributed by atoms with Gasteiger partial charge in [-0.2, -0.15) is 0 Å². The first-order chi connectivity index (χ1) is 7.68. The van der Waals surface area contributed by atoms with Gasteiger partial charge in [0.1, 0.15) is 0 Å². The normalized spacial score (nSPS) is 21.6. The van der Waals surface area contributed by atoms with Gasteiger partial charge in [0.2, 0.25) is 0 Å². The van der Waals surface area contributed by atoms with Gasteiger partial charge in [0.05, 0.1) is 0 Å². The molecule has 1 saturated heterocycles. The van der Waals surface area contributed by atoms with Gasteiger partial charge in [-0.3, -0.25) is 4.90 Å². The van der Waals surface area contributed by atoms with Crippen LogP contribution in [0.1, 0.15) is 39.5 Å². The third-order valence-electron chi connectivity index (χ3n) is 4.08. The van der Waals surface area contributed by atoms with Crippen molar-refractivity contribution in [2.24, 2.45) is 5.73 Å². The highest BCUT2D eigenvalue weighted by molar-refractivity contribution is 4.95. The van der Waals surface area contributed by atoms with Gasteiger partial charge < -0.3 is 10.6 Å². The standard InChI is InChI=1S/C13H29N3/c1-4-8-15(3)13(12-14)6-10-16(9-5-2)11-7-13/h4-12,14H2,1-3H3. The minimum Gasteiger partial charge on any atom is -0.329 e. The van der Waals surface area contributed by atoms with Crippen molar-refractivity contribution < 1.29 is 0 Å². The van der Waals surface area contributed by atoms with Gasteiger partial charge >= 0.3 is 0 Å². The Morgan fingerprint density at radius 1 is 1.19 bits per heavy atom. The Morgan fingerprint density at radius 2 is 1.81 bits per heavy atom. The summed E-state index contributed by atoms with van der Waals surface area (Å²) in [5.41, 5.74) is 6.31. The van der Waals surface area contributed by atoms with Crippen molar-refractivity contribution in [3.63, 3.8) is 0 Å². The van der Waals surface area contributed by atoms with Crippen LogP contribution in [0.25, 0.3) is 0 Å². The first-order valence-electron chi connectivity index (χ1n) is 6.82. The number of piperidine rings is 1. The summed E-state index contributed by atoms with van der Waals surface area (Å²) < 4.78 is 0. The zero-order chi connectivity index (χ0) is 12.0. The van der Waals surface area contributed by atoms with E-state index in [9.17, 15) is 0 Å². The molecule has 0 amide bonds. The molecule has 1 heterocycles. The Kier molecular flexibility index (Phi) is 5.73. The number of likely N-dealkylation sites (tertiary alicyclic amines) is 1. The molecule has 0 aromatic carbocycles. The number of rotatable bonds is 6. The van der Waals surface area contributed by atoms with E-state index in [-0.39, 0.29) is 5.54 Å². The summed E-state index contributed by atoms with van der Waals surface area (Å²) in [6.07, 6.45) is 4.96. The first kappa shape index (κ1) is 13.9. The number of nitrogens with zero attached hydrogens (tertiary/aromatic N) is 2. The molecule has 0 aromatic heterocycles. The molecule has 0 atom stereocenters. The van der Waals surface area contributed by atoms with E-state index < -0.39 is 0 Å². The van der Waals surface area contributed by atoms with E-state index in [4.69, 9.17) is 5.73 Å². The number of hydrogen-bond donors (Lipinski definition) is 1. The zero-order valence-corrected chi connectivity index (χ0v) is 11.3. The molecule has 0 aliphatic carbocycles. The summed E-state index contributed by atoms with van der Waals surface area (Å²) in [5, 5.41) is 0. The van der Waals surface area contributed by atoms with Crippen LogP contribution in [0.15, 0.2) is 0 Å². The maximum Gasteiger partial charge on any atom is 0.0353 e. The third-order valence-corrected chi connectivity index (χ3v) is 4.08. The van der Waals surface area contributed by atoms with Gasteiger partial charge in [-0.15, -0.1) is 0 Å². The summed E-state index contributed by atoms with van der Waals surface area (Å²) >= 11 is 0. The van der Waals surface area contributed by atoms with Crippen molar-refractivity contribution in [1.82, 2.24) is 9.80 Å². The van der Waals surface area contributed by atoms with Crippen molar-refractivity contribution in [3.05, 3.63) is 0 Å². The highest BCUT2D eigenvalue weighted by atomic mass is 15.2. The fourth-order valence-corrected chi connectivity index (χ4v) is 2.82. The van der Waals surface area contributed by atoms with Gasteiger partial charge in [0.25, 0.3) is 0 Å². The molecule has 0 bridgehead atoms. The largest absolute Gasteiger partial charge is 0.329 e. The van der Waals surface area contributed by atoms with E-state index in [2.05, 4.69) is 30.7 Å². The second-order valence-corrected chi connectivity index (χ2v) is 5.19. The van der Waals surface area contributed by atoms with Crippen molar-refractivity contribution >= 4 is 0 Å².